The van der Waals surface area contributed by atoms with Crippen LogP contribution in [0.25, 0.3) is 0 Å². The first kappa shape index (κ1) is 17.3. The van der Waals surface area contributed by atoms with Gasteiger partial charge in [-0.05, 0) is 19.1 Å². The molecule has 140 valence electrons. The molecule has 0 radical (unpaired) electrons. The molecule has 3 amide bonds. The van der Waals surface area contributed by atoms with Gasteiger partial charge in [0.2, 0.25) is 5.91 Å². The fourth-order valence-corrected chi connectivity index (χ4v) is 3.88. The third kappa shape index (κ3) is 3.41. The van der Waals surface area contributed by atoms with Gasteiger partial charge in [-0.15, -0.1) is 0 Å². The van der Waals surface area contributed by atoms with E-state index in [-0.39, 0.29) is 18.0 Å². The highest BCUT2D eigenvalue weighted by Crippen LogP contribution is 2.31. The van der Waals surface area contributed by atoms with Crippen LogP contribution < -0.4 is 10.2 Å². The van der Waals surface area contributed by atoms with Gasteiger partial charge in [0.1, 0.15) is 0 Å². The molecule has 0 aliphatic carbocycles. The Kier molecular flexibility index (Phi) is 4.58. The van der Waals surface area contributed by atoms with Crippen molar-refractivity contribution in [3.05, 3.63) is 29.8 Å². The average molecular weight is 359 g/mol. The lowest BCUT2D eigenvalue weighted by atomic mass is 10.0. The standard InChI is InChI=1S/C19H25N3O4/c1-14-2-4-16(5-3-14)22-13-15(12-17(22)23)20-18(24)21-8-6-19(7-9-21)25-10-11-26-19/h2-5,15H,6-13H2,1H3,(H,20,24)/t15-/m0/s1. The van der Waals surface area contributed by atoms with E-state index in [1.54, 1.807) is 9.80 Å². The van der Waals surface area contributed by atoms with Gasteiger partial charge in [-0.3, -0.25) is 4.79 Å². The van der Waals surface area contributed by atoms with Crippen LogP contribution in [0.5, 0.6) is 0 Å². The Hall–Kier alpha value is -2.12. The Morgan fingerprint density at radius 2 is 1.81 bits per heavy atom. The summed E-state index contributed by atoms with van der Waals surface area (Å²) >= 11 is 0. The highest BCUT2D eigenvalue weighted by atomic mass is 16.7. The van der Waals surface area contributed by atoms with Crippen molar-refractivity contribution in [2.45, 2.75) is 38.0 Å². The highest BCUT2D eigenvalue weighted by molar-refractivity contribution is 5.96. The van der Waals surface area contributed by atoms with Crippen molar-refractivity contribution in [3.8, 4) is 0 Å². The molecular weight excluding hydrogens is 334 g/mol. The number of nitrogens with zero attached hydrogens (tertiary/aromatic N) is 2. The van der Waals surface area contributed by atoms with Crippen molar-refractivity contribution < 1.29 is 19.1 Å². The Morgan fingerprint density at radius 3 is 2.46 bits per heavy atom. The molecule has 3 saturated heterocycles. The molecule has 1 aromatic rings. The zero-order chi connectivity index (χ0) is 18.1. The van der Waals surface area contributed by atoms with Gasteiger partial charge >= 0.3 is 6.03 Å². The first-order valence-corrected chi connectivity index (χ1v) is 9.25. The van der Waals surface area contributed by atoms with Crippen LogP contribution in [0.2, 0.25) is 0 Å². The van der Waals surface area contributed by atoms with Crippen molar-refractivity contribution in [2.24, 2.45) is 0 Å². The quantitative estimate of drug-likeness (QED) is 0.872. The van der Waals surface area contributed by atoms with Crippen molar-refractivity contribution in [1.82, 2.24) is 10.2 Å². The van der Waals surface area contributed by atoms with Crippen molar-refractivity contribution in [3.63, 3.8) is 0 Å². The summed E-state index contributed by atoms with van der Waals surface area (Å²) in [5.74, 6) is -0.438. The maximum absolute atomic E-state index is 12.6. The molecule has 1 N–H and O–H groups in total. The summed E-state index contributed by atoms with van der Waals surface area (Å²) in [7, 11) is 0. The lowest BCUT2D eigenvalue weighted by Gasteiger charge is -2.37. The van der Waals surface area contributed by atoms with Crippen LogP contribution in [0.15, 0.2) is 24.3 Å². The van der Waals surface area contributed by atoms with Gasteiger partial charge in [0.05, 0.1) is 19.3 Å². The number of hydrogen-bond acceptors (Lipinski definition) is 4. The van der Waals surface area contributed by atoms with Crippen LogP contribution >= 0.6 is 0 Å². The minimum atomic E-state index is -0.484. The molecular formula is C19H25N3O4. The van der Waals surface area contributed by atoms with Crippen LogP contribution in [-0.2, 0) is 14.3 Å². The zero-order valence-corrected chi connectivity index (χ0v) is 15.1. The molecule has 26 heavy (non-hydrogen) atoms. The summed E-state index contributed by atoms with van der Waals surface area (Å²) in [5.41, 5.74) is 2.04. The molecule has 7 heteroatoms. The van der Waals surface area contributed by atoms with Crippen molar-refractivity contribution >= 4 is 17.6 Å². The third-order valence-electron chi connectivity index (χ3n) is 5.42. The minimum Gasteiger partial charge on any atom is -0.347 e. The molecule has 7 nitrogen and oxygen atoms in total. The Morgan fingerprint density at radius 1 is 1.15 bits per heavy atom. The van der Waals surface area contributed by atoms with Crippen LogP contribution in [0.4, 0.5) is 10.5 Å². The zero-order valence-electron chi connectivity index (χ0n) is 15.1. The molecule has 3 fully saturated rings. The number of likely N-dealkylation sites (tertiary alicyclic amines) is 1. The number of ether oxygens (including phenoxy) is 2. The number of carbonyl (C=O) groups is 2. The fourth-order valence-electron chi connectivity index (χ4n) is 3.88. The van der Waals surface area contributed by atoms with E-state index >= 15 is 0 Å². The smallest absolute Gasteiger partial charge is 0.317 e. The number of benzene rings is 1. The third-order valence-corrected chi connectivity index (χ3v) is 5.42. The SMILES string of the molecule is Cc1ccc(N2C[C@@H](NC(=O)N3CCC4(CC3)OCCO4)CC2=O)cc1. The lowest BCUT2D eigenvalue weighted by molar-refractivity contribution is -0.181. The van der Waals surface area contributed by atoms with Crippen LogP contribution in [0.3, 0.4) is 0 Å². The number of urea groups is 1. The largest absolute Gasteiger partial charge is 0.347 e. The molecule has 3 aliphatic rings. The number of anilines is 1. The predicted octanol–water partition coefficient (Wildman–Crippen LogP) is 1.65. The second-order valence-corrected chi connectivity index (χ2v) is 7.29. The molecule has 3 aliphatic heterocycles. The summed E-state index contributed by atoms with van der Waals surface area (Å²) < 4.78 is 11.4. The van der Waals surface area contributed by atoms with Crippen LogP contribution in [0.1, 0.15) is 24.8 Å². The van der Waals surface area contributed by atoms with Crippen molar-refractivity contribution in [2.75, 3.05) is 37.7 Å². The van der Waals surface area contributed by atoms with Gasteiger partial charge in [0, 0.05) is 44.6 Å². The Labute approximate surface area is 153 Å². The molecule has 0 unspecified atom stereocenters. The minimum absolute atomic E-state index is 0.0458. The Balaban J connectivity index is 1.31. The van der Waals surface area contributed by atoms with Gasteiger partial charge in [-0.25, -0.2) is 4.79 Å². The number of rotatable bonds is 2. The van der Waals surface area contributed by atoms with Crippen LogP contribution in [-0.4, -0.2) is 61.5 Å². The van der Waals surface area contributed by atoms with Gasteiger partial charge < -0.3 is 24.6 Å². The van der Waals surface area contributed by atoms with Crippen LogP contribution in [0, 0.1) is 6.92 Å². The second kappa shape index (κ2) is 6.89. The maximum atomic E-state index is 12.6. The average Bonchev–Trinajstić information content (AvgIpc) is 3.23. The second-order valence-electron chi connectivity index (χ2n) is 7.29. The fraction of sp³-hybridized carbons (Fsp3) is 0.579. The molecule has 1 aromatic carbocycles. The van der Waals surface area contributed by atoms with Gasteiger partial charge in [-0.2, -0.15) is 0 Å². The van der Waals surface area contributed by atoms with E-state index in [0.29, 0.717) is 52.1 Å². The van der Waals surface area contributed by atoms with E-state index in [0.717, 1.165) is 11.3 Å². The number of nitrogens with one attached hydrogen (secondary N) is 1. The van der Waals surface area contributed by atoms with E-state index < -0.39 is 5.79 Å². The number of carbonyl (C=O) groups excluding carboxylic acids is 2. The molecule has 0 aromatic heterocycles. The molecule has 0 saturated carbocycles. The lowest BCUT2D eigenvalue weighted by Crippen LogP contribution is -2.52. The summed E-state index contributed by atoms with van der Waals surface area (Å²) in [6.07, 6.45) is 1.72. The molecule has 0 bridgehead atoms. The number of piperidine rings is 1. The predicted molar refractivity (Wildman–Crippen MR) is 95.9 cm³/mol. The van der Waals surface area contributed by atoms with E-state index in [1.807, 2.05) is 31.2 Å². The summed E-state index contributed by atoms with van der Waals surface area (Å²) in [5, 5.41) is 3.01. The van der Waals surface area contributed by atoms with E-state index in [1.165, 1.54) is 0 Å². The molecule has 3 heterocycles. The van der Waals surface area contributed by atoms with E-state index in [9.17, 15) is 9.59 Å². The number of hydrogen-bond donors (Lipinski definition) is 1. The van der Waals surface area contributed by atoms with Gasteiger partial charge in [-0.1, -0.05) is 17.7 Å². The van der Waals surface area contributed by atoms with E-state index in [4.69, 9.17) is 9.47 Å². The Bertz CT molecular complexity index is 675. The highest BCUT2D eigenvalue weighted by Gasteiger charge is 2.41. The van der Waals surface area contributed by atoms with E-state index in [2.05, 4.69) is 5.32 Å². The first-order valence-electron chi connectivity index (χ1n) is 9.25. The van der Waals surface area contributed by atoms with Crippen molar-refractivity contribution in [1.29, 1.82) is 0 Å². The summed E-state index contributed by atoms with van der Waals surface area (Å²) in [4.78, 5) is 28.4. The molecule has 1 spiro atoms. The normalized spacial score (nSPS) is 25.1. The topological polar surface area (TPSA) is 71.1 Å². The van der Waals surface area contributed by atoms with Gasteiger partial charge in [0.25, 0.3) is 0 Å². The monoisotopic (exact) mass is 359 g/mol. The number of amides is 3. The first-order chi connectivity index (χ1) is 12.5. The molecule has 1 atom stereocenters. The summed E-state index contributed by atoms with van der Waals surface area (Å²) in [6, 6.07) is 7.61. The summed E-state index contributed by atoms with van der Waals surface area (Å²) in [6.45, 7) is 5.00. The molecule has 4 rings (SSSR count). The van der Waals surface area contributed by atoms with Gasteiger partial charge in [0.15, 0.2) is 5.79 Å². The maximum Gasteiger partial charge on any atom is 0.317 e. The number of aryl methyl sites for hydroxylation is 1.